The molecular formula is C21H27ClO9. The molecule has 10 heteroatoms. The van der Waals surface area contributed by atoms with Crippen LogP contribution in [0.5, 0.6) is 0 Å². The second kappa shape index (κ2) is 8.20. The number of halogens is 1. The molecule has 172 valence electrons. The summed E-state index contributed by atoms with van der Waals surface area (Å²) < 4.78 is 16.3. The fraction of sp³-hybridized carbons (Fsp3) is 0.667. The van der Waals surface area contributed by atoms with Gasteiger partial charge in [0.1, 0.15) is 23.9 Å². The Bertz CT molecular complexity index is 822. The van der Waals surface area contributed by atoms with Crippen LogP contribution in [0.4, 0.5) is 0 Å². The molecule has 0 amide bonds. The van der Waals surface area contributed by atoms with Crippen molar-refractivity contribution in [3.8, 4) is 0 Å². The van der Waals surface area contributed by atoms with Gasteiger partial charge in [-0.05, 0) is 19.3 Å². The number of esters is 3. The minimum Gasteiger partial charge on any atom is -0.459 e. The average molecular weight is 459 g/mol. The van der Waals surface area contributed by atoms with Gasteiger partial charge in [0.05, 0.1) is 18.4 Å². The Morgan fingerprint density at radius 2 is 2.00 bits per heavy atom. The molecule has 1 aliphatic heterocycles. The SMILES string of the molecule is C=C1C(=O)O[C@H]2[C@H]1[C@@H](OC(=O)[C@](C)(O)CCl)CC(=C)[C@@H]1C[C@H](OC(C)=O)[C@@](O)(CO)[C@H]21. The summed E-state index contributed by atoms with van der Waals surface area (Å²) in [5.74, 6) is -4.95. The zero-order valence-corrected chi connectivity index (χ0v) is 18.1. The van der Waals surface area contributed by atoms with E-state index < -0.39 is 77.7 Å². The van der Waals surface area contributed by atoms with Gasteiger partial charge in [0.25, 0.3) is 0 Å². The first-order valence-electron chi connectivity index (χ1n) is 9.94. The third-order valence-electron chi connectivity index (χ3n) is 6.56. The van der Waals surface area contributed by atoms with Crippen molar-refractivity contribution in [3.63, 3.8) is 0 Å². The molecule has 8 atom stereocenters. The highest BCUT2D eigenvalue weighted by Crippen LogP contribution is 2.55. The maximum atomic E-state index is 12.5. The minimum absolute atomic E-state index is 0.0398. The number of hydrogen-bond acceptors (Lipinski definition) is 9. The van der Waals surface area contributed by atoms with Gasteiger partial charge in [-0.25, -0.2) is 9.59 Å². The van der Waals surface area contributed by atoms with Crippen LogP contribution in [-0.2, 0) is 28.6 Å². The summed E-state index contributed by atoms with van der Waals surface area (Å²) in [7, 11) is 0. The Balaban J connectivity index is 2.02. The number of alkyl halides is 1. The van der Waals surface area contributed by atoms with Gasteiger partial charge in [-0.15, -0.1) is 11.6 Å². The Labute approximate surface area is 184 Å². The molecule has 3 N–H and O–H groups in total. The lowest BCUT2D eigenvalue weighted by molar-refractivity contribution is -0.184. The van der Waals surface area contributed by atoms with Crippen molar-refractivity contribution < 1.29 is 43.9 Å². The minimum atomic E-state index is -1.95. The van der Waals surface area contributed by atoms with E-state index in [-0.39, 0.29) is 18.4 Å². The second-order valence-electron chi connectivity index (χ2n) is 8.75. The van der Waals surface area contributed by atoms with Crippen molar-refractivity contribution >= 4 is 29.5 Å². The van der Waals surface area contributed by atoms with Crippen LogP contribution in [0.3, 0.4) is 0 Å². The first kappa shape index (κ1) is 23.7. The number of aliphatic hydroxyl groups is 3. The topological polar surface area (TPSA) is 140 Å². The molecule has 0 aromatic rings. The van der Waals surface area contributed by atoms with Gasteiger partial charge in [0.2, 0.25) is 0 Å². The van der Waals surface area contributed by atoms with Gasteiger partial charge in [-0.3, -0.25) is 4.79 Å². The maximum Gasteiger partial charge on any atom is 0.339 e. The fourth-order valence-corrected chi connectivity index (χ4v) is 5.06. The van der Waals surface area contributed by atoms with Crippen molar-refractivity contribution in [2.24, 2.45) is 17.8 Å². The number of fused-ring (bicyclic) bond motifs is 3. The zero-order chi connectivity index (χ0) is 23.3. The number of aliphatic hydroxyl groups excluding tert-OH is 1. The van der Waals surface area contributed by atoms with Gasteiger partial charge in [-0.1, -0.05) is 18.7 Å². The van der Waals surface area contributed by atoms with E-state index in [1.807, 2.05) is 0 Å². The molecule has 2 aliphatic carbocycles. The summed E-state index contributed by atoms with van der Waals surface area (Å²) in [5.41, 5.74) is -3.25. The first-order chi connectivity index (χ1) is 14.4. The van der Waals surface area contributed by atoms with Crippen molar-refractivity contribution in [1.29, 1.82) is 0 Å². The normalized spacial score (nSPS) is 39.1. The summed E-state index contributed by atoms with van der Waals surface area (Å²) in [6, 6.07) is 0. The zero-order valence-electron chi connectivity index (χ0n) is 17.4. The molecule has 0 aromatic carbocycles. The molecule has 9 nitrogen and oxygen atoms in total. The molecule has 1 saturated heterocycles. The van der Waals surface area contributed by atoms with Crippen LogP contribution in [0.15, 0.2) is 24.3 Å². The van der Waals surface area contributed by atoms with Gasteiger partial charge < -0.3 is 29.5 Å². The molecule has 0 aromatic heterocycles. The third-order valence-corrected chi connectivity index (χ3v) is 7.08. The van der Waals surface area contributed by atoms with Gasteiger partial charge in [0.15, 0.2) is 5.60 Å². The highest BCUT2D eigenvalue weighted by atomic mass is 35.5. The van der Waals surface area contributed by atoms with Crippen LogP contribution in [0, 0.1) is 17.8 Å². The summed E-state index contributed by atoms with van der Waals surface area (Å²) in [4.78, 5) is 36.4. The van der Waals surface area contributed by atoms with E-state index in [0.29, 0.717) is 5.57 Å². The Kier molecular flexibility index (Phi) is 6.27. The predicted octanol–water partition coefficient (Wildman–Crippen LogP) is 0.237. The van der Waals surface area contributed by atoms with Crippen LogP contribution < -0.4 is 0 Å². The first-order valence-corrected chi connectivity index (χ1v) is 10.5. The molecule has 31 heavy (non-hydrogen) atoms. The largest absolute Gasteiger partial charge is 0.459 e. The molecule has 0 unspecified atom stereocenters. The highest BCUT2D eigenvalue weighted by molar-refractivity contribution is 6.20. The van der Waals surface area contributed by atoms with E-state index in [0.717, 1.165) is 0 Å². The van der Waals surface area contributed by atoms with E-state index in [4.69, 9.17) is 25.8 Å². The van der Waals surface area contributed by atoms with E-state index >= 15 is 0 Å². The van der Waals surface area contributed by atoms with Crippen LogP contribution in [0.25, 0.3) is 0 Å². The van der Waals surface area contributed by atoms with E-state index in [2.05, 4.69) is 13.2 Å². The molecule has 0 spiro atoms. The quantitative estimate of drug-likeness (QED) is 0.174. The maximum absolute atomic E-state index is 12.5. The van der Waals surface area contributed by atoms with Crippen LogP contribution in [0.2, 0.25) is 0 Å². The molecule has 2 saturated carbocycles. The predicted molar refractivity (Wildman–Crippen MR) is 107 cm³/mol. The third kappa shape index (κ3) is 3.88. The lowest BCUT2D eigenvalue weighted by Gasteiger charge is -2.38. The molecule has 3 aliphatic rings. The van der Waals surface area contributed by atoms with Gasteiger partial charge in [-0.2, -0.15) is 0 Å². The molecule has 3 fully saturated rings. The van der Waals surface area contributed by atoms with Crippen LogP contribution in [0.1, 0.15) is 26.7 Å². The van der Waals surface area contributed by atoms with Crippen LogP contribution in [-0.4, -0.2) is 75.2 Å². The standard InChI is InChI=1S/C21H27ClO9/c1-9-5-13(30-19(26)20(4,27)7-22)15-10(2)18(25)31-17(15)16-12(9)6-14(29-11(3)24)21(16,28)8-23/h12-17,23,27-28H,1-2,5-8H2,3-4H3/t12-,13-,14-,15+,16-,17-,20+,21-/m0/s1. The number of ether oxygens (including phenoxy) is 3. The van der Waals surface area contributed by atoms with Crippen LogP contribution >= 0.6 is 11.6 Å². The summed E-state index contributed by atoms with van der Waals surface area (Å²) in [6.45, 7) is 9.48. The lowest BCUT2D eigenvalue weighted by Crippen LogP contribution is -2.54. The molecule has 3 rings (SSSR count). The number of carbonyl (C=O) groups is 3. The molecular weight excluding hydrogens is 432 g/mol. The van der Waals surface area contributed by atoms with Gasteiger partial charge in [0, 0.05) is 24.8 Å². The Morgan fingerprint density at radius 3 is 2.55 bits per heavy atom. The molecule has 0 radical (unpaired) electrons. The fourth-order valence-electron chi connectivity index (χ4n) is 4.95. The lowest BCUT2D eigenvalue weighted by atomic mass is 9.76. The van der Waals surface area contributed by atoms with E-state index in [9.17, 15) is 29.7 Å². The van der Waals surface area contributed by atoms with Crippen molar-refractivity contribution in [2.45, 2.75) is 56.2 Å². The average Bonchev–Trinajstić information content (AvgIpc) is 3.10. The smallest absolute Gasteiger partial charge is 0.339 e. The summed E-state index contributed by atoms with van der Waals surface area (Å²) >= 11 is 5.65. The molecule has 1 heterocycles. The van der Waals surface area contributed by atoms with E-state index in [1.54, 1.807) is 0 Å². The van der Waals surface area contributed by atoms with Crippen molar-refractivity contribution in [2.75, 3.05) is 12.5 Å². The van der Waals surface area contributed by atoms with Crippen molar-refractivity contribution in [1.82, 2.24) is 0 Å². The number of rotatable bonds is 5. The Hall–Kier alpha value is -1.94. The van der Waals surface area contributed by atoms with Crippen molar-refractivity contribution in [3.05, 3.63) is 24.3 Å². The summed E-state index contributed by atoms with van der Waals surface area (Å²) in [5, 5.41) is 31.6. The second-order valence-corrected chi connectivity index (χ2v) is 9.02. The molecule has 0 bridgehead atoms. The number of carbonyl (C=O) groups excluding carboxylic acids is 3. The van der Waals surface area contributed by atoms with E-state index in [1.165, 1.54) is 13.8 Å². The monoisotopic (exact) mass is 458 g/mol. The summed E-state index contributed by atoms with van der Waals surface area (Å²) in [6.07, 6.45) is -2.77. The Morgan fingerprint density at radius 1 is 1.35 bits per heavy atom. The number of hydrogen-bond donors (Lipinski definition) is 3. The van der Waals surface area contributed by atoms with Gasteiger partial charge >= 0.3 is 17.9 Å². The highest BCUT2D eigenvalue weighted by Gasteiger charge is 2.65.